The number of unbranched alkanes of at least 4 members (excludes halogenated alkanes) is 1. The number of methoxy groups -OCH3 is 2. The van der Waals surface area contributed by atoms with Crippen molar-refractivity contribution in [2.45, 2.75) is 38.1 Å². The number of likely N-dealkylation sites (tertiary alicyclic amines) is 1. The molecule has 1 aliphatic heterocycles. The molecule has 0 spiro atoms. The highest BCUT2D eigenvalue weighted by molar-refractivity contribution is 5.93. The Bertz CT molecular complexity index is 1260. The van der Waals surface area contributed by atoms with Gasteiger partial charge in [0.1, 0.15) is 11.9 Å². The number of hydrogen-bond acceptors (Lipinski definition) is 10. The van der Waals surface area contributed by atoms with Crippen LogP contribution in [0.3, 0.4) is 0 Å². The zero-order valence-electron chi connectivity index (χ0n) is 25.0. The van der Waals surface area contributed by atoms with Crippen LogP contribution in [0.5, 0.6) is 5.88 Å². The molecule has 1 aliphatic rings. The van der Waals surface area contributed by atoms with E-state index in [2.05, 4.69) is 42.7 Å². The molecule has 12 heteroatoms. The fourth-order valence-corrected chi connectivity index (χ4v) is 4.25. The number of carbonyl (C=O) groups excluding carboxylic acids is 2. The molecule has 3 rings (SSSR count). The number of rotatable bonds is 15. The Balaban J connectivity index is 1.53. The van der Waals surface area contributed by atoms with Crippen LogP contribution in [0, 0.1) is 11.8 Å². The van der Waals surface area contributed by atoms with Gasteiger partial charge in [-0.15, -0.1) is 0 Å². The SMILES string of the molecule is COCCCNc1nc(Nc2ccnc(OC)c2)ncc1C#CCCCNC(=O)[C@@H]1CCCN1C(=O)C=CCN(C)C. The molecule has 12 nitrogen and oxygen atoms in total. The van der Waals surface area contributed by atoms with Crippen LogP contribution in [0.4, 0.5) is 17.5 Å². The van der Waals surface area contributed by atoms with Gasteiger partial charge in [-0.05, 0) is 45.8 Å². The highest BCUT2D eigenvalue weighted by Gasteiger charge is 2.32. The fraction of sp³-hybridized carbons (Fsp3) is 0.500. The molecule has 1 atom stereocenters. The third-order valence-electron chi connectivity index (χ3n) is 6.38. The summed E-state index contributed by atoms with van der Waals surface area (Å²) in [4.78, 5) is 42.1. The van der Waals surface area contributed by atoms with Gasteiger partial charge in [0.05, 0.1) is 18.9 Å². The quantitative estimate of drug-likeness (QED) is 0.164. The van der Waals surface area contributed by atoms with E-state index in [4.69, 9.17) is 9.47 Å². The number of nitrogens with one attached hydrogen (secondary N) is 3. The van der Waals surface area contributed by atoms with Gasteiger partial charge in [0.2, 0.25) is 23.6 Å². The van der Waals surface area contributed by atoms with Crippen LogP contribution >= 0.6 is 0 Å². The summed E-state index contributed by atoms with van der Waals surface area (Å²) in [7, 11) is 7.11. The lowest BCUT2D eigenvalue weighted by Crippen LogP contribution is -2.45. The number of hydrogen-bond donors (Lipinski definition) is 3. The van der Waals surface area contributed by atoms with Gasteiger partial charge in [-0.2, -0.15) is 4.98 Å². The molecule has 2 aromatic rings. The molecular weight excluding hydrogens is 536 g/mol. The predicted octanol–water partition coefficient (Wildman–Crippen LogP) is 2.43. The minimum absolute atomic E-state index is 0.110. The number of amides is 2. The minimum atomic E-state index is -0.420. The Labute approximate surface area is 248 Å². The molecule has 2 aromatic heterocycles. The molecular formula is C30H42N8O4. The molecule has 0 aromatic carbocycles. The number of nitrogens with zero attached hydrogens (tertiary/aromatic N) is 5. The van der Waals surface area contributed by atoms with E-state index in [0.29, 0.717) is 75.3 Å². The average Bonchev–Trinajstić information content (AvgIpc) is 3.48. The Hall–Kier alpha value is -4.21. The molecule has 1 fully saturated rings. The van der Waals surface area contributed by atoms with Crippen molar-refractivity contribution in [3.8, 4) is 17.7 Å². The summed E-state index contributed by atoms with van der Waals surface area (Å²) >= 11 is 0. The first-order valence-corrected chi connectivity index (χ1v) is 14.2. The number of pyridine rings is 1. The van der Waals surface area contributed by atoms with Crippen LogP contribution in [0.1, 0.15) is 37.7 Å². The molecule has 226 valence electrons. The smallest absolute Gasteiger partial charge is 0.246 e. The van der Waals surface area contributed by atoms with Crippen LogP contribution in [0.25, 0.3) is 0 Å². The van der Waals surface area contributed by atoms with Crippen molar-refractivity contribution in [3.63, 3.8) is 0 Å². The second kappa shape index (κ2) is 17.6. The van der Waals surface area contributed by atoms with Crippen molar-refractivity contribution >= 4 is 29.3 Å². The number of anilines is 3. The molecule has 3 N–H and O–H groups in total. The topological polar surface area (TPSA) is 134 Å². The molecule has 3 heterocycles. The molecule has 0 radical (unpaired) electrons. The first-order valence-electron chi connectivity index (χ1n) is 14.2. The number of ether oxygens (including phenoxy) is 2. The summed E-state index contributed by atoms with van der Waals surface area (Å²) in [5.74, 6) is 7.61. The Morgan fingerprint density at radius 2 is 2.07 bits per heavy atom. The van der Waals surface area contributed by atoms with Crippen molar-refractivity contribution in [2.24, 2.45) is 0 Å². The second-order valence-corrected chi connectivity index (χ2v) is 9.99. The van der Waals surface area contributed by atoms with Crippen molar-refractivity contribution < 1.29 is 19.1 Å². The maximum Gasteiger partial charge on any atom is 0.246 e. The number of aromatic nitrogens is 3. The van der Waals surface area contributed by atoms with Crippen LogP contribution in [-0.4, -0.2) is 104 Å². The maximum atomic E-state index is 12.8. The molecule has 0 saturated carbocycles. The monoisotopic (exact) mass is 578 g/mol. The predicted molar refractivity (Wildman–Crippen MR) is 163 cm³/mol. The highest BCUT2D eigenvalue weighted by atomic mass is 16.5. The Morgan fingerprint density at radius 1 is 1.21 bits per heavy atom. The third-order valence-corrected chi connectivity index (χ3v) is 6.38. The van der Waals surface area contributed by atoms with Gasteiger partial charge in [-0.1, -0.05) is 17.9 Å². The molecule has 1 saturated heterocycles. The molecule has 2 amide bonds. The van der Waals surface area contributed by atoms with Gasteiger partial charge in [0.25, 0.3) is 0 Å². The van der Waals surface area contributed by atoms with Gasteiger partial charge in [-0.3, -0.25) is 9.59 Å². The largest absolute Gasteiger partial charge is 0.481 e. The lowest BCUT2D eigenvalue weighted by molar-refractivity contribution is -0.135. The molecule has 42 heavy (non-hydrogen) atoms. The van der Waals surface area contributed by atoms with E-state index >= 15 is 0 Å². The summed E-state index contributed by atoms with van der Waals surface area (Å²) < 4.78 is 10.3. The lowest BCUT2D eigenvalue weighted by atomic mass is 10.2. The van der Waals surface area contributed by atoms with Gasteiger partial charge >= 0.3 is 0 Å². The lowest BCUT2D eigenvalue weighted by Gasteiger charge is -2.22. The average molecular weight is 579 g/mol. The van der Waals surface area contributed by atoms with E-state index in [1.165, 1.54) is 0 Å². The third kappa shape index (κ3) is 10.6. The van der Waals surface area contributed by atoms with Crippen LogP contribution in [0.15, 0.2) is 36.7 Å². The maximum absolute atomic E-state index is 12.8. The summed E-state index contributed by atoms with van der Waals surface area (Å²) in [5.41, 5.74) is 1.43. The van der Waals surface area contributed by atoms with Gasteiger partial charge in [-0.25, -0.2) is 9.97 Å². The molecule has 0 aliphatic carbocycles. The summed E-state index contributed by atoms with van der Waals surface area (Å²) in [6.45, 7) is 3.06. The summed E-state index contributed by atoms with van der Waals surface area (Å²) in [5, 5.41) is 9.45. The van der Waals surface area contributed by atoms with E-state index in [9.17, 15) is 9.59 Å². The van der Waals surface area contributed by atoms with Crippen LogP contribution in [0.2, 0.25) is 0 Å². The summed E-state index contributed by atoms with van der Waals surface area (Å²) in [6.07, 6.45) is 10.3. The minimum Gasteiger partial charge on any atom is -0.481 e. The molecule has 0 bridgehead atoms. The molecule has 0 unspecified atom stereocenters. The van der Waals surface area contributed by atoms with E-state index in [1.807, 2.05) is 25.1 Å². The standard InChI is InChI=1S/C30H42N8O4/c1-37(2)18-9-13-27(39)38-19-8-12-25(38)29(40)33-15-7-5-6-11-23-22-34-30(36-28(23)32-16-10-20-41-3)35-24-14-17-31-26(21-24)42-4/h9,13-14,17,21-22,25H,5,7-8,10,12,15-16,18-20H2,1-4H3,(H,33,40)(H2,31,32,34,35,36)/t25-/m0/s1. The summed E-state index contributed by atoms with van der Waals surface area (Å²) in [6, 6.07) is 3.14. The fourth-order valence-electron chi connectivity index (χ4n) is 4.25. The first-order chi connectivity index (χ1) is 20.4. The van der Waals surface area contributed by atoms with E-state index < -0.39 is 6.04 Å². The van der Waals surface area contributed by atoms with Crippen molar-refractivity contribution in [1.82, 2.24) is 30.1 Å². The van der Waals surface area contributed by atoms with E-state index in [1.54, 1.807) is 49.7 Å². The van der Waals surface area contributed by atoms with Crippen LogP contribution < -0.4 is 20.7 Å². The number of likely N-dealkylation sites (N-methyl/N-ethyl adjacent to an activating group) is 1. The van der Waals surface area contributed by atoms with Gasteiger partial charge < -0.3 is 35.2 Å². The zero-order valence-corrected chi connectivity index (χ0v) is 25.0. The Morgan fingerprint density at radius 3 is 2.86 bits per heavy atom. The van der Waals surface area contributed by atoms with Crippen LogP contribution in [-0.2, 0) is 14.3 Å². The van der Waals surface area contributed by atoms with Gasteiger partial charge in [0.15, 0.2) is 0 Å². The van der Waals surface area contributed by atoms with E-state index in [0.717, 1.165) is 18.5 Å². The highest BCUT2D eigenvalue weighted by Crippen LogP contribution is 2.20. The Kier molecular flexibility index (Phi) is 13.5. The normalized spacial score (nSPS) is 14.5. The van der Waals surface area contributed by atoms with Crippen molar-refractivity contribution in [3.05, 3.63) is 42.2 Å². The second-order valence-electron chi connectivity index (χ2n) is 9.99. The van der Waals surface area contributed by atoms with Crippen molar-refractivity contribution in [2.75, 3.05) is 71.7 Å². The van der Waals surface area contributed by atoms with E-state index in [-0.39, 0.29) is 11.8 Å². The van der Waals surface area contributed by atoms with Crippen molar-refractivity contribution in [1.29, 1.82) is 0 Å². The number of carbonyl (C=O) groups is 2. The zero-order chi connectivity index (χ0) is 30.2. The first kappa shape index (κ1) is 32.3. The van der Waals surface area contributed by atoms with Gasteiger partial charge in [0, 0.05) is 70.3 Å².